The summed E-state index contributed by atoms with van der Waals surface area (Å²) in [6, 6.07) is 5.70. The lowest BCUT2D eigenvalue weighted by molar-refractivity contribution is 0.107. The van der Waals surface area contributed by atoms with Crippen LogP contribution in [0.25, 0.3) is 0 Å². The molecule has 2 aromatic heterocycles. The number of hydrogen-bond donors (Lipinski definition) is 3. The summed E-state index contributed by atoms with van der Waals surface area (Å²) in [6.07, 6.45) is 7.65. The lowest BCUT2D eigenvalue weighted by atomic mass is 9.87. The monoisotopic (exact) mass is 476 g/mol. The highest BCUT2D eigenvalue weighted by Crippen LogP contribution is 2.29. The van der Waals surface area contributed by atoms with Crippen molar-refractivity contribution in [2.24, 2.45) is 5.92 Å². The molecule has 1 unspecified atom stereocenters. The molecule has 1 aliphatic carbocycles. The van der Waals surface area contributed by atoms with E-state index in [-0.39, 0.29) is 24.3 Å². The van der Waals surface area contributed by atoms with Crippen LogP contribution in [0.3, 0.4) is 0 Å². The number of aromatic nitrogens is 3. The molecule has 1 saturated heterocycles. The lowest BCUT2D eigenvalue weighted by Gasteiger charge is -2.33. The standard InChI is InChI=1S/C22H32N6O4S/c1-32-21-19(5-2-11-23-21)26-22-24-12-10-20(27-22)25-17-8-6-16(7-9-17)15-33(30,31)28-13-3-4-18(29)14-28/h2,5,10-12,16-18,29H,3-4,6-9,13-15H2,1H3,(H2,24,25,26,27)/t16-,17-,18?. The fourth-order valence-corrected chi connectivity index (χ4v) is 6.47. The van der Waals surface area contributed by atoms with Crippen molar-refractivity contribution < 1.29 is 18.3 Å². The van der Waals surface area contributed by atoms with Gasteiger partial charge in [0, 0.05) is 31.5 Å². The van der Waals surface area contributed by atoms with Gasteiger partial charge in [0.2, 0.25) is 21.9 Å². The van der Waals surface area contributed by atoms with E-state index in [1.165, 1.54) is 4.31 Å². The first kappa shape index (κ1) is 23.7. The lowest BCUT2D eigenvalue weighted by Crippen LogP contribution is -2.44. The third kappa shape index (κ3) is 6.30. The number of methoxy groups -OCH3 is 1. The van der Waals surface area contributed by atoms with Crippen LogP contribution in [0.2, 0.25) is 0 Å². The number of aliphatic hydroxyl groups excluding tert-OH is 1. The summed E-state index contributed by atoms with van der Waals surface area (Å²) in [5, 5.41) is 16.4. The number of anilines is 3. The molecule has 0 radical (unpaired) electrons. The molecule has 3 heterocycles. The molecule has 4 rings (SSSR count). The van der Waals surface area contributed by atoms with Crippen LogP contribution in [0.5, 0.6) is 5.88 Å². The van der Waals surface area contributed by atoms with Gasteiger partial charge in [0.1, 0.15) is 11.5 Å². The zero-order valence-electron chi connectivity index (χ0n) is 18.9. The predicted octanol–water partition coefficient (Wildman–Crippen LogP) is 2.38. The first-order chi connectivity index (χ1) is 15.9. The number of nitrogens with one attached hydrogen (secondary N) is 2. The Bertz CT molecular complexity index is 1030. The smallest absolute Gasteiger partial charge is 0.237 e. The Hall–Kier alpha value is -2.50. The van der Waals surface area contributed by atoms with Crippen molar-refractivity contribution in [1.82, 2.24) is 19.3 Å². The zero-order valence-corrected chi connectivity index (χ0v) is 19.7. The van der Waals surface area contributed by atoms with Crippen molar-refractivity contribution in [3.8, 4) is 5.88 Å². The molecule has 2 aliphatic rings. The Morgan fingerprint density at radius 2 is 1.97 bits per heavy atom. The second-order valence-corrected chi connectivity index (χ2v) is 10.8. The molecule has 1 atom stereocenters. The number of ether oxygens (including phenoxy) is 1. The number of nitrogens with zero attached hydrogens (tertiary/aromatic N) is 4. The minimum atomic E-state index is -3.32. The maximum absolute atomic E-state index is 12.8. The summed E-state index contributed by atoms with van der Waals surface area (Å²) in [6.45, 7) is 0.750. The Morgan fingerprint density at radius 1 is 1.15 bits per heavy atom. The number of sulfonamides is 1. The van der Waals surface area contributed by atoms with Crippen molar-refractivity contribution in [2.75, 3.05) is 36.6 Å². The van der Waals surface area contributed by atoms with Gasteiger partial charge in [-0.3, -0.25) is 0 Å². The summed E-state index contributed by atoms with van der Waals surface area (Å²) < 4.78 is 32.3. The molecule has 2 fully saturated rings. The second kappa shape index (κ2) is 10.6. The van der Waals surface area contributed by atoms with Gasteiger partial charge in [-0.2, -0.15) is 9.29 Å². The van der Waals surface area contributed by atoms with Gasteiger partial charge in [-0.15, -0.1) is 0 Å². The van der Waals surface area contributed by atoms with Crippen LogP contribution in [0.15, 0.2) is 30.6 Å². The van der Waals surface area contributed by atoms with E-state index < -0.39 is 16.1 Å². The molecule has 3 N–H and O–H groups in total. The van der Waals surface area contributed by atoms with E-state index in [4.69, 9.17) is 4.74 Å². The average molecular weight is 477 g/mol. The van der Waals surface area contributed by atoms with E-state index >= 15 is 0 Å². The van der Waals surface area contributed by atoms with E-state index in [2.05, 4.69) is 25.6 Å². The highest BCUT2D eigenvalue weighted by atomic mass is 32.2. The summed E-state index contributed by atoms with van der Waals surface area (Å²) in [5.74, 6) is 1.93. The quantitative estimate of drug-likeness (QED) is 0.526. The van der Waals surface area contributed by atoms with Crippen molar-refractivity contribution in [3.63, 3.8) is 0 Å². The normalized spacial score (nSPS) is 24.2. The van der Waals surface area contributed by atoms with Gasteiger partial charge in [-0.05, 0) is 62.6 Å². The highest BCUT2D eigenvalue weighted by molar-refractivity contribution is 7.89. The van der Waals surface area contributed by atoms with Gasteiger partial charge in [0.25, 0.3) is 0 Å². The maximum atomic E-state index is 12.8. The number of aliphatic hydroxyl groups is 1. The molecule has 10 nitrogen and oxygen atoms in total. The van der Waals surface area contributed by atoms with Gasteiger partial charge in [0.15, 0.2) is 0 Å². The Kier molecular flexibility index (Phi) is 7.61. The van der Waals surface area contributed by atoms with Crippen LogP contribution in [0, 0.1) is 5.92 Å². The molecule has 1 aliphatic heterocycles. The molecule has 2 aromatic rings. The number of β-amino-alcohol motifs (C(OH)–C–C–N with tert-alkyl or cyclic N) is 1. The first-order valence-electron chi connectivity index (χ1n) is 11.4. The van der Waals surface area contributed by atoms with Crippen molar-refractivity contribution in [2.45, 2.75) is 50.7 Å². The maximum Gasteiger partial charge on any atom is 0.237 e. The fraction of sp³-hybridized carbons (Fsp3) is 0.591. The Morgan fingerprint density at radius 3 is 2.73 bits per heavy atom. The number of rotatable bonds is 8. The molecule has 0 bridgehead atoms. The molecular weight excluding hydrogens is 444 g/mol. The number of hydrogen-bond acceptors (Lipinski definition) is 9. The minimum Gasteiger partial charge on any atom is -0.480 e. The molecule has 0 amide bonds. The highest BCUT2D eigenvalue weighted by Gasteiger charge is 2.32. The first-order valence-corrected chi connectivity index (χ1v) is 13.1. The zero-order chi connectivity index (χ0) is 23.3. The summed E-state index contributed by atoms with van der Waals surface area (Å²) in [7, 11) is -1.77. The minimum absolute atomic E-state index is 0.146. The molecule has 0 spiro atoms. The molecule has 1 saturated carbocycles. The summed E-state index contributed by atoms with van der Waals surface area (Å²) >= 11 is 0. The Balaban J connectivity index is 1.29. The molecule has 180 valence electrons. The third-order valence-corrected chi connectivity index (χ3v) is 8.28. The van der Waals surface area contributed by atoms with Crippen LogP contribution >= 0.6 is 0 Å². The van der Waals surface area contributed by atoms with Gasteiger partial charge in [-0.25, -0.2) is 18.4 Å². The van der Waals surface area contributed by atoms with E-state index in [0.717, 1.165) is 32.1 Å². The molecular formula is C22H32N6O4S. The fourth-order valence-electron chi connectivity index (χ4n) is 4.53. The van der Waals surface area contributed by atoms with Gasteiger partial charge >= 0.3 is 0 Å². The Labute approximate surface area is 194 Å². The van der Waals surface area contributed by atoms with Gasteiger partial charge in [0.05, 0.1) is 19.0 Å². The van der Waals surface area contributed by atoms with Crippen molar-refractivity contribution >= 4 is 27.5 Å². The van der Waals surface area contributed by atoms with E-state index in [0.29, 0.717) is 36.3 Å². The van der Waals surface area contributed by atoms with E-state index in [1.54, 1.807) is 25.6 Å². The van der Waals surface area contributed by atoms with Crippen LogP contribution in [-0.4, -0.2) is 70.9 Å². The summed E-state index contributed by atoms with van der Waals surface area (Å²) in [4.78, 5) is 13.0. The SMILES string of the molecule is COc1ncccc1Nc1nccc(N[C@H]2CC[C@H](CS(=O)(=O)N3CCCC(O)C3)CC2)n1. The number of pyridine rings is 1. The van der Waals surface area contributed by atoms with Gasteiger partial charge < -0.3 is 20.5 Å². The largest absolute Gasteiger partial charge is 0.480 e. The topological polar surface area (TPSA) is 130 Å². The summed E-state index contributed by atoms with van der Waals surface area (Å²) in [5.41, 5.74) is 0.681. The van der Waals surface area contributed by atoms with E-state index in [9.17, 15) is 13.5 Å². The van der Waals surface area contributed by atoms with Crippen LogP contribution in [0.1, 0.15) is 38.5 Å². The van der Waals surface area contributed by atoms with Crippen molar-refractivity contribution in [3.05, 3.63) is 30.6 Å². The van der Waals surface area contributed by atoms with Gasteiger partial charge in [-0.1, -0.05) is 0 Å². The van der Waals surface area contributed by atoms with Crippen LogP contribution < -0.4 is 15.4 Å². The molecule has 0 aromatic carbocycles. The predicted molar refractivity (Wildman–Crippen MR) is 126 cm³/mol. The average Bonchev–Trinajstić information content (AvgIpc) is 2.81. The van der Waals surface area contributed by atoms with Crippen LogP contribution in [-0.2, 0) is 10.0 Å². The second-order valence-electron chi connectivity index (χ2n) is 8.75. The third-order valence-electron chi connectivity index (χ3n) is 6.26. The van der Waals surface area contributed by atoms with E-state index in [1.807, 2.05) is 12.1 Å². The molecule has 33 heavy (non-hydrogen) atoms. The number of piperidine rings is 1. The van der Waals surface area contributed by atoms with Crippen molar-refractivity contribution in [1.29, 1.82) is 0 Å². The van der Waals surface area contributed by atoms with Crippen LogP contribution in [0.4, 0.5) is 17.5 Å². The molecule has 11 heteroatoms.